The van der Waals surface area contributed by atoms with Gasteiger partial charge in [0.1, 0.15) is 22.8 Å². The van der Waals surface area contributed by atoms with Crippen molar-refractivity contribution in [1.82, 2.24) is 9.97 Å². The maximum absolute atomic E-state index is 15.1. The van der Waals surface area contributed by atoms with Gasteiger partial charge in [0.15, 0.2) is 0 Å². The van der Waals surface area contributed by atoms with Crippen LogP contribution >= 0.6 is 0 Å². The minimum absolute atomic E-state index is 0.144. The quantitative estimate of drug-likeness (QED) is 0.116. The first-order valence-corrected chi connectivity index (χ1v) is 14.9. The SMILES string of the molecule is C=C(/C=C(\OC)C(C)(C)C(F)(F)F)CC(=O)Cc1ccc(-c2cnc3cc(CCCC4CCOCC4)c(C)cc3n2)cc1F. The minimum atomic E-state index is -4.55. The van der Waals surface area contributed by atoms with Gasteiger partial charge in [-0.2, -0.15) is 13.2 Å². The van der Waals surface area contributed by atoms with E-state index in [4.69, 9.17) is 14.5 Å². The van der Waals surface area contributed by atoms with Crippen molar-refractivity contribution in [2.24, 2.45) is 11.3 Å². The number of carbonyl (C=O) groups excluding carboxylic acids is 1. The third-order valence-electron chi connectivity index (χ3n) is 8.44. The van der Waals surface area contributed by atoms with Crippen LogP contribution in [0, 0.1) is 24.1 Å². The second-order valence-corrected chi connectivity index (χ2v) is 12.2. The smallest absolute Gasteiger partial charge is 0.400 e. The van der Waals surface area contributed by atoms with Gasteiger partial charge in [-0.3, -0.25) is 9.78 Å². The lowest BCUT2D eigenvalue weighted by Gasteiger charge is -2.29. The van der Waals surface area contributed by atoms with Gasteiger partial charge in [0.25, 0.3) is 0 Å². The predicted octanol–water partition coefficient (Wildman–Crippen LogP) is 8.67. The summed E-state index contributed by atoms with van der Waals surface area (Å²) in [5.41, 5.74) is 3.01. The van der Waals surface area contributed by atoms with Crippen LogP contribution in [0.25, 0.3) is 22.3 Å². The average molecular weight is 613 g/mol. The van der Waals surface area contributed by atoms with Crippen LogP contribution in [0.3, 0.4) is 0 Å². The number of hydrogen-bond acceptors (Lipinski definition) is 5. The number of carbonyl (C=O) groups is 1. The fourth-order valence-electron chi connectivity index (χ4n) is 5.48. The lowest BCUT2D eigenvalue weighted by atomic mass is 9.88. The number of benzene rings is 2. The molecule has 2 heterocycles. The highest BCUT2D eigenvalue weighted by atomic mass is 19.4. The van der Waals surface area contributed by atoms with Gasteiger partial charge in [-0.1, -0.05) is 18.7 Å². The van der Waals surface area contributed by atoms with Crippen molar-refractivity contribution < 1.29 is 31.8 Å². The summed E-state index contributed by atoms with van der Waals surface area (Å²) in [6.07, 6.45) is 3.29. The Morgan fingerprint density at radius 2 is 1.84 bits per heavy atom. The highest BCUT2D eigenvalue weighted by Gasteiger charge is 2.51. The second-order valence-electron chi connectivity index (χ2n) is 12.2. The molecule has 0 radical (unpaired) electrons. The Kier molecular flexibility index (Phi) is 10.6. The van der Waals surface area contributed by atoms with Gasteiger partial charge in [0, 0.05) is 31.6 Å². The predicted molar refractivity (Wildman–Crippen MR) is 164 cm³/mol. The summed E-state index contributed by atoms with van der Waals surface area (Å²) in [5, 5.41) is 0. The third-order valence-corrected chi connectivity index (χ3v) is 8.44. The molecule has 2 aromatic carbocycles. The van der Waals surface area contributed by atoms with Crippen LogP contribution in [-0.4, -0.2) is 42.3 Å². The lowest BCUT2D eigenvalue weighted by molar-refractivity contribution is -0.208. The zero-order chi connectivity index (χ0) is 32.1. The van der Waals surface area contributed by atoms with E-state index in [-0.39, 0.29) is 35.5 Å². The Hall–Kier alpha value is -3.59. The first-order chi connectivity index (χ1) is 20.8. The fourth-order valence-corrected chi connectivity index (χ4v) is 5.48. The van der Waals surface area contributed by atoms with Crippen molar-refractivity contribution in [3.63, 3.8) is 0 Å². The average Bonchev–Trinajstić information content (AvgIpc) is 2.96. The Balaban J connectivity index is 1.40. The van der Waals surface area contributed by atoms with Gasteiger partial charge in [0.2, 0.25) is 0 Å². The topological polar surface area (TPSA) is 61.3 Å². The van der Waals surface area contributed by atoms with Gasteiger partial charge in [0.05, 0.1) is 30.0 Å². The summed E-state index contributed by atoms with van der Waals surface area (Å²) in [6, 6.07) is 8.63. The Morgan fingerprint density at radius 3 is 2.50 bits per heavy atom. The largest absolute Gasteiger partial charge is 0.500 e. The number of ketones is 1. The van der Waals surface area contributed by atoms with Crippen LogP contribution in [0.15, 0.2) is 60.5 Å². The summed E-state index contributed by atoms with van der Waals surface area (Å²) >= 11 is 0. The van der Waals surface area contributed by atoms with E-state index in [1.165, 1.54) is 24.1 Å². The van der Waals surface area contributed by atoms with Gasteiger partial charge >= 0.3 is 6.18 Å². The number of hydrogen-bond donors (Lipinski definition) is 0. The molecule has 5 nitrogen and oxygen atoms in total. The van der Waals surface area contributed by atoms with Gasteiger partial charge < -0.3 is 9.47 Å². The summed E-state index contributed by atoms with van der Waals surface area (Å²) < 4.78 is 65.7. The normalized spacial score (nSPS) is 15.0. The van der Waals surface area contributed by atoms with E-state index < -0.39 is 17.4 Å². The van der Waals surface area contributed by atoms with Crippen LogP contribution in [-0.2, 0) is 27.1 Å². The van der Waals surface area contributed by atoms with Crippen molar-refractivity contribution in [3.8, 4) is 11.3 Å². The molecule has 0 aliphatic carbocycles. The van der Waals surface area contributed by atoms with Crippen molar-refractivity contribution in [2.75, 3.05) is 20.3 Å². The van der Waals surface area contributed by atoms with Gasteiger partial charge in [-0.05, 0) is 105 Å². The third kappa shape index (κ3) is 8.11. The number of nitrogens with zero attached hydrogens (tertiary/aromatic N) is 2. The van der Waals surface area contributed by atoms with Gasteiger partial charge in [-0.25, -0.2) is 9.37 Å². The maximum Gasteiger partial charge on any atom is 0.400 e. The molecule has 0 N–H and O–H groups in total. The number of rotatable bonds is 12. The number of Topliss-reactive ketones (excluding diaryl/α,β-unsaturated/α-hetero) is 1. The molecule has 1 aliphatic heterocycles. The summed E-state index contributed by atoms with van der Waals surface area (Å²) in [5.74, 6) is -0.581. The van der Waals surface area contributed by atoms with Crippen LogP contribution in [0.2, 0.25) is 0 Å². The van der Waals surface area contributed by atoms with Gasteiger partial charge in [-0.15, -0.1) is 0 Å². The fraction of sp³-hybridized carbons (Fsp3) is 0.457. The number of alkyl halides is 3. The van der Waals surface area contributed by atoms with Crippen molar-refractivity contribution in [3.05, 3.63) is 83.0 Å². The highest BCUT2D eigenvalue weighted by molar-refractivity contribution is 5.84. The molecule has 0 spiro atoms. The molecular weight excluding hydrogens is 572 g/mol. The maximum atomic E-state index is 15.1. The first-order valence-electron chi connectivity index (χ1n) is 14.9. The molecule has 0 amide bonds. The van der Waals surface area contributed by atoms with Crippen LogP contribution in [0.4, 0.5) is 17.6 Å². The van der Waals surface area contributed by atoms with Crippen LogP contribution in [0.1, 0.15) is 62.6 Å². The van der Waals surface area contributed by atoms with E-state index >= 15 is 4.39 Å². The molecule has 236 valence electrons. The first kappa shape index (κ1) is 33.3. The van der Waals surface area contributed by atoms with Crippen molar-refractivity contribution in [2.45, 2.75) is 71.9 Å². The van der Waals surface area contributed by atoms with E-state index in [1.807, 2.05) is 6.07 Å². The molecule has 0 unspecified atom stereocenters. The summed E-state index contributed by atoms with van der Waals surface area (Å²) in [6.45, 7) is 9.48. The molecule has 0 bridgehead atoms. The number of allylic oxidation sites excluding steroid dienone is 3. The van der Waals surface area contributed by atoms with E-state index in [1.54, 1.807) is 12.3 Å². The molecule has 44 heavy (non-hydrogen) atoms. The summed E-state index contributed by atoms with van der Waals surface area (Å²) in [7, 11) is 1.14. The zero-order valence-corrected chi connectivity index (χ0v) is 25.8. The Bertz CT molecular complexity index is 1540. The number of fused-ring (bicyclic) bond motifs is 1. The molecule has 0 saturated carbocycles. The monoisotopic (exact) mass is 612 g/mol. The van der Waals surface area contributed by atoms with Crippen LogP contribution in [0.5, 0.6) is 0 Å². The number of ether oxygens (including phenoxy) is 2. The van der Waals surface area contributed by atoms with Crippen molar-refractivity contribution >= 4 is 16.8 Å². The van der Waals surface area contributed by atoms with Crippen LogP contribution < -0.4 is 0 Å². The number of aryl methyl sites for hydroxylation is 2. The minimum Gasteiger partial charge on any atom is -0.500 e. The molecule has 1 fully saturated rings. The molecular formula is C35H40F4N2O3. The van der Waals surface area contributed by atoms with E-state index in [0.717, 1.165) is 88.4 Å². The highest BCUT2D eigenvalue weighted by Crippen LogP contribution is 2.44. The number of methoxy groups -OCH3 is 1. The molecule has 4 rings (SSSR count). The number of aromatic nitrogens is 2. The Morgan fingerprint density at radius 1 is 1.11 bits per heavy atom. The molecule has 1 aromatic heterocycles. The Labute approximate surface area is 256 Å². The van der Waals surface area contributed by atoms with E-state index in [9.17, 15) is 18.0 Å². The lowest BCUT2D eigenvalue weighted by Crippen LogP contribution is -2.34. The standard InChI is InChI=1S/C35H40F4N2O3/c1-22(16-33(43-5)34(3,4)35(37,38)39)15-28(42)18-26-9-10-27(19-29(26)36)32-21-40-30-20-25(23(2)17-31(30)41-32)8-6-7-24-11-13-44-14-12-24/h9-10,16-17,19-21,24H,1,6-8,11-15,18H2,2-5H3/b33-16-. The molecule has 0 atom stereocenters. The van der Waals surface area contributed by atoms with Crippen molar-refractivity contribution in [1.29, 1.82) is 0 Å². The summed E-state index contributed by atoms with van der Waals surface area (Å²) in [4.78, 5) is 22.0. The molecule has 1 saturated heterocycles. The molecule has 3 aromatic rings. The second kappa shape index (κ2) is 14.0. The van der Waals surface area contributed by atoms with E-state index in [2.05, 4.69) is 24.6 Å². The van der Waals surface area contributed by atoms with E-state index in [0.29, 0.717) is 11.3 Å². The molecule has 1 aliphatic rings. The zero-order valence-electron chi connectivity index (χ0n) is 25.8. The molecule has 9 heteroatoms. The number of halogens is 4.